The fourth-order valence-corrected chi connectivity index (χ4v) is 2.52. The van der Waals surface area contributed by atoms with Crippen LogP contribution in [0.25, 0.3) is 10.9 Å². The van der Waals surface area contributed by atoms with Crippen LogP contribution in [-0.4, -0.2) is 21.2 Å². The van der Waals surface area contributed by atoms with E-state index in [2.05, 4.69) is 10.3 Å². The summed E-state index contributed by atoms with van der Waals surface area (Å²) in [6.07, 6.45) is 1.38. The van der Waals surface area contributed by atoms with Crippen molar-refractivity contribution in [3.05, 3.63) is 70.8 Å². The Bertz CT molecular complexity index is 1010. The molecule has 2 aromatic carbocycles. The fourth-order valence-electron chi connectivity index (χ4n) is 2.52. The second-order valence-corrected chi connectivity index (χ2v) is 5.77. The highest BCUT2D eigenvalue weighted by atomic mass is 16.2. The number of hydrogen-bond donors (Lipinski definition) is 1. The average Bonchev–Trinajstić information content (AvgIpc) is 2.62. The molecular weight excluding hydrogens is 318 g/mol. The Hall–Kier alpha value is -3.28. The summed E-state index contributed by atoms with van der Waals surface area (Å²) in [5, 5.41) is 3.21. The van der Waals surface area contributed by atoms with Crippen molar-refractivity contribution in [2.24, 2.45) is 0 Å². The SMILES string of the molecule is CC(=O)c1ccc(NC(=O)[C@H](C)n2cnc3ccccc3c2=O)cc1. The quantitative estimate of drug-likeness (QED) is 0.743. The molecule has 1 atom stereocenters. The Morgan fingerprint density at radius 3 is 2.44 bits per heavy atom. The van der Waals surface area contributed by atoms with Crippen LogP contribution in [0.3, 0.4) is 0 Å². The smallest absolute Gasteiger partial charge is 0.261 e. The van der Waals surface area contributed by atoms with Gasteiger partial charge in [0.15, 0.2) is 5.78 Å². The van der Waals surface area contributed by atoms with Gasteiger partial charge in [-0.1, -0.05) is 12.1 Å². The van der Waals surface area contributed by atoms with Gasteiger partial charge in [0.25, 0.3) is 5.56 Å². The molecule has 0 unspecified atom stereocenters. The molecule has 3 aromatic rings. The zero-order chi connectivity index (χ0) is 18.0. The van der Waals surface area contributed by atoms with Crippen LogP contribution < -0.4 is 10.9 Å². The van der Waals surface area contributed by atoms with Gasteiger partial charge < -0.3 is 5.32 Å². The van der Waals surface area contributed by atoms with E-state index in [4.69, 9.17) is 0 Å². The number of ketones is 1. The first-order valence-corrected chi connectivity index (χ1v) is 7.85. The van der Waals surface area contributed by atoms with Gasteiger partial charge in [-0.2, -0.15) is 0 Å². The number of para-hydroxylation sites is 1. The largest absolute Gasteiger partial charge is 0.324 e. The van der Waals surface area contributed by atoms with Crippen molar-refractivity contribution in [2.75, 3.05) is 5.32 Å². The maximum Gasteiger partial charge on any atom is 0.261 e. The number of Topliss-reactive ketones (excluding diaryl/α,β-unsaturated/α-hetero) is 1. The van der Waals surface area contributed by atoms with Crippen LogP contribution in [0.2, 0.25) is 0 Å². The number of carbonyl (C=O) groups is 2. The highest BCUT2D eigenvalue weighted by Crippen LogP contribution is 2.14. The van der Waals surface area contributed by atoms with E-state index in [0.29, 0.717) is 22.2 Å². The third kappa shape index (κ3) is 3.33. The second kappa shape index (κ2) is 6.68. The van der Waals surface area contributed by atoms with Gasteiger partial charge in [0.05, 0.1) is 17.2 Å². The number of fused-ring (bicyclic) bond motifs is 1. The third-order valence-corrected chi connectivity index (χ3v) is 4.05. The minimum absolute atomic E-state index is 0.0416. The summed E-state index contributed by atoms with van der Waals surface area (Å²) in [4.78, 5) is 40.5. The van der Waals surface area contributed by atoms with Gasteiger partial charge >= 0.3 is 0 Å². The van der Waals surface area contributed by atoms with E-state index in [0.717, 1.165) is 0 Å². The minimum atomic E-state index is -0.725. The van der Waals surface area contributed by atoms with Crippen LogP contribution in [0.4, 0.5) is 5.69 Å². The number of nitrogens with one attached hydrogen (secondary N) is 1. The molecule has 0 aliphatic rings. The summed E-state index contributed by atoms with van der Waals surface area (Å²) in [6, 6.07) is 12.9. The summed E-state index contributed by atoms with van der Waals surface area (Å²) < 4.78 is 1.31. The van der Waals surface area contributed by atoms with Crippen molar-refractivity contribution in [1.82, 2.24) is 9.55 Å². The van der Waals surface area contributed by atoms with Crippen molar-refractivity contribution in [3.8, 4) is 0 Å². The van der Waals surface area contributed by atoms with Crippen LogP contribution in [0.1, 0.15) is 30.2 Å². The van der Waals surface area contributed by atoms with Crippen molar-refractivity contribution in [2.45, 2.75) is 19.9 Å². The van der Waals surface area contributed by atoms with E-state index in [1.54, 1.807) is 55.5 Å². The number of benzene rings is 2. The minimum Gasteiger partial charge on any atom is -0.324 e. The Morgan fingerprint density at radius 2 is 1.76 bits per heavy atom. The lowest BCUT2D eigenvalue weighted by Crippen LogP contribution is -2.31. The molecule has 0 fully saturated rings. The lowest BCUT2D eigenvalue weighted by atomic mass is 10.1. The second-order valence-electron chi connectivity index (χ2n) is 5.77. The lowest BCUT2D eigenvalue weighted by molar-refractivity contribution is -0.118. The highest BCUT2D eigenvalue weighted by Gasteiger charge is 2.17. The topological polar surface area (TPSA) is 81.1 Å². The molecule has 6 heteroatoms. The molecule has 6 nitrogen and oxygen atoms in total. The Balaban J connectivity index is 1.84. The van der Waals surface area contributed by atoms with E-state index in [9.17, 15) is 14.4 Å². The number of rotatable bonds is 4. The maximum atomic E-state index is 12.6. The molecule has 1 N–H and O–H groups in total. The summed E-state index contributed by atoms with van der Waals surface area (Å²) in [7, 11) is 0. The van der Waals surface area contributed by atoms with Crippen molar-refractivity contribution in [3.63, 3.8) is 0 Å². The van der Waals surface area contributed by atoms with E-state index in [1.165, 1.54) is 17.8 Å². The first-order valence-electron chi connectivity index (χ1n) is 7.85. The number of hydrogen-bond acceptors (Lipinski definition) is 4. The number of carbonyl (C=O) groups excluding carboxylic acids is 2. The molecule has 1 heterocycles. The van der Waals surface area contributed by atoms with Gasteiger partial charge in [-0.15, -0.1) is 0 Å². The Morgan fingerprint density at radius 1 is 1.08 bits per heavy atom. The van der Waals surface area contributed by atoms with Crippen LogP contribution >= 0.6 is 0 Å². The summed E-state index contributed by atoms with van der Waals surface area (Å²) >= 11 is 0. The first kappa shape index (κ1) is 16.6. The Labute approximate surface area is 144 Å². The molecule has 3 rings (SSSR count). The zero-order valence-electron chi connectivity index (χ0n) is 13.9. The van der Waals surface area contributed by atoms with Crippen molar-refractivity contribution < 1.29 is 9.59 Å². The number of nitrogens with zero attached hydrogens (tertiary/aromatic N) is 2. The summed E-state index contributed by atoms with van der Waals surface area (Å²) in [5.41, 5.74) is 1.46. The number of anilines is 1. The average molecular weight is 335 g/mol. The van der Waals surface area contributed by atoms with Gasteiger partial charge in [0, 0.05) is 11.3 Å². The number of aromatic nitrogens is 2. The molecular formula is C19H17N3O3. The van der Waals surface area contributed by atoms with Crippen LogP contribution in [0.5, 0.6) is 0 Å². The fraction of sp³-hybridized carbons (Fsp3) is 0.158. The van der Waals surface area contributed by atoms with E-state index >= 15 is 0 Å². The molecule has 0 spiro atoms. The van der Waals surface area contributed by atoms with E-state index < -0.39 is 6.04 Å². The summed E-state index contributed by atoms with van der Waals surface area (Å²) in [5.74, 6) is -0.380. The third-order valence-electron chi connectivity index (χ3n) is 4.05. The van der Waals surface area contributed by atoms with Gasteiger partial charge in [0.1, 0.15) is 6.04 Å². The van der Waals surface area contributed by atoms with Crippen molar-refractivity contribution >= 4 is 28.3 Å². The van der Waals surface area contributed by atoms with E-state index in [1.807, 2.05) is 0 Å². The van der Waals surface area contributed by atoms with Crippen LogP contribution in [0, 0.1) is 0 Å². The normalized spacial score (nSPS) is 11.9. The maximum absolute atomic E-state index is 12.6. The lowest BCUT2D eigenvalue weighted by Gasteiger charge is -2.15. The first-order chi connectivity index (χ1) is 12.0. The standard InChI is InChI=1S/C19H17N3O3/c1-12(18(24)21-15-9-7-14(8-10-15)13(2)23)22-11-20-17-6-4-3-5-16(17)19(22)25/h3-12H,1-2H3,(H,21,24)/t12-/m0/s1. The van der Waals surface area contributed by atoms with Crippen LogP contribution in [0.15, 0.2) is 59.7 Å². The van der Waals surface area contributed by atoms with Crippen LogP contribution in [-0.2, 0) is 4.79 Å². The highest BCUT2D eigenvalue weighted by molar-refractivity contribution is 5.96. The van der Waals surface area contributed by atoms with Gasteiger partial charge in [-0.05, 0) is 50.2 Å². The van der Waals surface area contributed by atoms with Gasteiger partial charge in [-0.3, -0.25) is 19.0 Å². The monoisotopic (exact) mass is 335 g/mol. The molecule has 0 aliphatic carbocycles. The molecule has 126 valence electrons. The van der Waals surface area contributed by atoms with E-state index in [-0.39, 0.29) is 17.2 Å². The molecule has 0 saturated heterocycles. The predicted molar refractivity (Wildman–Crippen MR) is 95.8 cm³/mol. The molecule has 0 saturated carbocycles. The zero-order valence-corrected chi connectivity index (χ0v) is 13.9. The number of amides is 1. The van der Waals surface area contributed by atoms with Crippen molar-refractivity contribution in [1.29, 1.82) is 0 Å². The summed E-state index contributed by atoms with van der Waals surface area (Å²) in [6.45, 7) is 3.12. The van der Waals surface area contributed by atoms with Gasteiger partial charge in [-0.25, -0.2) is 4.98 Å². The predicted octanol–water partition coefficient (Wildman–Crippen LogP) is 2.80. The molecule has 1 amide bonds. The van der Waals surface area contributed by atoms with Gasteiger partial charge in [0.2, 0.25) is 5.91 Å². The molecule has 0 bridgehead atoms. The molecule has 1 aromatic heterocycles. The molecule has 0 aliphatic heterocycles. The Kier molecular flexibility index (Phi) is 4.43. The molecule has 0 radical (unpaired) electrons. The molecule has 25 heavy (non-hydrogen) atoms.